The van der Waals surface area contributed by atoms with Crippen molar-refractivity contribution >= 4 is 28.6 Å². The van der Waals surface area contributed by atoms with Crippen LogP contribution in [0.1, 0.15) is 26.7 Å². The Labute approximate surface area is 145 Å². The van der Waals surface area contributed by atoms with Gasteiger partial charge in [-0.1, -0.05) is 6.07 Å². The van der Waals surface area contributed by atoms with E-state index in [2.05, 4.69) is 10.4 Å². The lowest BCUT2D eigenvalue weighted by Crippen LogP contribution is -2.24. The second-order valence-corrected chi connectivity index (χ2v) is 7.24. The SMILES string of the molecule is Cn1nc(-c2ccc(C(=O)NCCc3cccs3)s2)cc1C(F)F. The molecule has 1 N–H and O–H groups in total. The van der Waals surface area contributed by atoms with E-state index in [0.29, 0.717) is 22.0 Å². The molecule has 24 heavy (non-hydrogen) atoms. The quantitative estimate of drug-likeness (QED) is 0.712. The summed E-state index contributed by atoms with van der Waals surface area (Å²) in [4.78, 5) is 14.6. The molecular formula is C16H15F2N3OS2. The Kier molecular flexibility index (Phi) is 5.06. The minimum absolute atomic E-state index is 0.139. The first-order valence-electron chi connectivity index (χ1n) is 7.27. The maximum absolute atomic E-state index is 12.8. The average molecular weight is 367 g/mol. The average Bonchev–Trinajstić information content (AvgIpc) is 3.26. The molecule has 3 aromatic heterocycles. The van der Waals surface area contributed by atoms with Gasteiger partial charge in [-0.15, -0.1) is 22.7 Å². The third kappa shape index (κ3) is 3.70. The molecule has 0 aliphatic rings. The lowest BCUT2D eigenvalue weighted by Gasteiger charge is -2.01. The first-order chi connectivity index (χ1) is 11.5. The number of thiophene rings is 2. The number of hydrogen-bond acceptors (Lipinski definition) is 4. The molecular weight excluding hydrogens is 352 g/mol. The van der Waals surface area contributed by atoms with Crippen molar-refractivity contribution in [3.8, 4) is 10.6 Å². The number of alkyl halides is 2. The maximum atomic E-state index is 12.8. The highest BCUT2D eigenvalue weighted by Crippen LogP contribution is 2.30. The summed E-state index contributed by atoms with van der Waals surface area (Å²) in [6.07, 6.45) is -1.78. The van der Waals surface area contributed by atoms with Crippen LogP contribution in [0.15, 0.2) is 35.7 Å². The monoisotopic (exact) mass is 367 g/mol. The largest absolute Gasteiger partial charge is 0.351 e. The Balaban J connectivity index is 1.64. The second kappa shape index (κ2) is 7.23. The van der Waals surface area contributed by atoms with Crippen molar-refractivity contribution in [3.05, 3.63) is 51.2 Å². The highest BCUT2D eigenvalue weighted by atomic mass is 32.1. The van der Waals surface area contributed by atoms with E-state index in [4.69, 9.17) is 0 Å². The van der Waals surface area contributed by atoms with Crippen LogP contribution < -0.4 is 5.32 Å². The van der Waals surface area contributed by atoms with Crippen LogP contribution >= 0.6 is 22.7 Å². The van der Waals surface area contributed by atoms with Gasteiger partial charge < -0.3 is 5.32 Å². The zero-order valence-corrected chi connectivity index (χ0v) is 14.5. The molecule has 0 aromatic carbocycles. The zero-order valence-electron chi connectivity index (χ0n) is 12.8. The van der Waals surface area contributed by atoms with E-state index < -0.39 is 6.43 Å². The van der Waals surface area contributed by atoms with E-state index in [0.717, 1.165) is 6.42 Å². The van der Waals surface area contributed by atoms with E-state index >= 15 is 0 Å². The molecule has 0 radical (unpaired) electrons. The van der Waals surface area contributed by atoms with Gasteiger partial charge in [0, 0.05) is 18.5 Å². The summed E-state index contributed by atoms with van der Waals surface area (Å²) in [5, 5.41) is 8.96. The second-order valence-electron chi connectivity index (χ2n) is 5.13. The van der Waals surface area contributed by atoms with Gasteiger partial charge in [0.2, 0.25) is 0 Å². The minimum atomic E-state index is -2.57. The number of rotatable bonds is 6. The van der Waals surface area contributed by atoms with Crippen LogP contribution in [0, 0.1) is 0 Å². The van der Waals surface area contributed by atoms with Crippen molar-refractivity contribution in [2.24, 2.45) is 7.05 Å². The molecule has 4 nitrogen and oxygen atoms in total. The fraction of sp³-hybridized carbons (Fsp3) is 0.250. The summed E-state index contributed by atoms with van der Waals surface area (Å²) in [6.45, 7) is 0.561. The van der Waals surface area contributed by atoms with Crippen molar-refractivity contribution in [2.45, 2.75) is 12.8 Å². The van der Waals surface area contributed by atoms with Gasteiger partial charge >= 0.3 is 0 Å². The van der Waals surface area contributed by atoms with Crippen LogP contribution in [0.4, 0.5) is 8.78 Å². The number of amides is 1. The van der Waals surface area contributed by atoms with Crippen molar-refractivity contribution in [1.82, 2.24) is 15.1 Å². The number of aromatic nitrogens is 2. The molecule has 0 spiro atoms. The van der Waals surface area contributed by atoms with Gasteiger partial charge in [0.05, 0.1) is 9.75 Å². The van der Waals surface area contributed by atoms with Gasteiger partial charge in [-0.25, -0.2) is 8.78 Å². The smallest absolute Gasteiger partial charge is 0.280 e. The van der Waals surface area contributed by atoms with Crippen molar-refractivity contribution in [3.63, 3.8) is 0 Å². The summed E-state index contributed by atoms with van der Waals surface area (Å²) >= 11 is 2.90. The van der Waals surface area contributed by atoms with Crippen molar-refractivity contribution in [2.75, 3.05) is 6.54 Å². The molecule has 8 heteroatoms. The maximum Gasteiger partial charge on any atom is 0.280 e. The van der Waals surface area contributed by atoms with Crippen LogP contribution in [-0.4, -0.2) is 22.2 Å². The first kappa shape index (κ1) is 16.8. The van der Waals surface area contributed by atoms with E-state index in [1.807, 2.05) is 17.5 Å². The molecule has 0 aliphatic carbocycles. The van der Waals surface area contributed by atoms with E-state index in [-0.39, 0.29) is 11.6 Å². The summed E-state index contributed by atoms with van der Waals surface area (Å²) in [5.74, 6) is -0.159. The van der Waals surface area contributed by atoms with E-state index in [1.54, 1.807) is 23.5 Å². The Hall–Kier alpha value is -2.06. The Morgan fingerprint density at radius 3 is 2.88 bits per heavy atom. The van der Waals surface area contributed by atoms with Crippen LogP contribution in [-0.2, 0) is 13.5 Å². The molecule has 1 amide bonds. The fourth-order valence-corrected chi connectivity index (χ4v) is 3.83. The van der Waals surface area contributed by atoms with Gasteiger partial charge in [-0.3, -0.25) is 9.48 Å². The molecule has 0 aliphatic heterocycles. The number of nitrogens with one attached hydrogen (secondary N) is 1. The molecule has 3 aromatic rings. The predicted molar refractivity (Wildman–Crippen MR) is 91.8 cm³/mol. The number of carbonyl (C=O) groups is 1. The molecule has 0 unspecified atom stereocenters. The summed E-state index contributed by atoms with van der Waals surface area (Å²) in [7, 11) is 1.48. The van der Waals surface area contributed by atoms with Gasteiger partial charge in [-0.05, 0) is 36.1 Å². The standard InChI is InChI=1S/C16H15F2N3OS2/c1-21-12(15(17)18)9-11(20-21)13-4-5-14(24-13)16(22)19-7-6-10-3-2-8-23-10/h2-5,8-9,15H,6-7H2,1H3,(H,19,22). The van der Waals surface area contributed by atoms with E-state index in [9.17, 15) is 13.6 Å². The van der Waals surface area contributed by atoms with Crippen LogP contribution in [0.3, 0.4) is 0 Å². The zero-order chi connectivity index (χ0) is 17.1. The van der Waals surface area contributed by atoms with Crippen molar-refractivity contribution < 1.29 is 13.6 Å². The Bertz CT molecular complexity index is 824. The molecule has 3 rings (SSSR count). The molecule has 0 bridgehead atoms. The highest BCUT2D eigenvalue weighted by Gasteiger charge is 2.17. The Morgan fingerprint density at radius 1 is 1.38 bits per heavy atom. The molecule has 3 heterocycles. The minimum Gasteiger partial charge on any atom is -0.351 e. The van der Waals surface area contributed by atoms with Gasteiger partial charge in [0.15, 0.2) is 0 Å². The summed E-state index contributed by atoms with van der Waals surface area (Å²) < 4.78 is 26.8. The molecule has 126 valence electrons. The summed E-state index contributed by atoms with van der Waals surface area (Å²) in [6, 6.07) is 8.79. The number of halogens is 2. The van der Waals surface area contributed by atoms with Crippen LogP contribution in [0.5, 0.6) is 0 Å². The molecule has 0 fully saturated rings. The third-order valence-electron chi connectivity index (χ3n) is 3.46. The third-order valence-corrected chi connectivity index (χ3v) is 5.50. The van der Waals surface area contributed by atoms with Crippen LogP contribution in [0.2, 0.25) is 0 Å². The normalized spacial score (nSPS) is 11.2. The van der Waals surface area contributed by atoms with Gasteiger partial charge in [-0.2, -0.15) is 5.10 Å². The van der Waals surface area contributed by atoms with E-state index in [1.165, 1.54) is 34.0 Å². The van der Waals surface area contributed by atoms with Crippen molar-refractivity contribution in [1.29, 1.82) is 0 Å². The first-order valence-corrected chi connectivity index (χ1v) is 8.97. The predicted octanol–water partition coefficient (Wildman–Crippen LogP) is 4.12. The molecule has 0 saturated carbocycles. The highest BCUT2D eigenvalue weighted by molar-refractivity contribution is 7.17. The van der Waals surface area contributed by atoms with Gasteiger partial charge in [0.25, 0.3) is 12.3 Å². The topological polar surface area (TPSA) is 46.9 Å². The Morgan fingerprint density at radius 2 is 2.21 bits per heavy atom. The number of aryl methyl sites for hydroxylation is 1. The molecule has 0 saturated heterocycles. The van der Waals surface area contributed by atoms with Gasteiger partial charge in [0.1, 0.15) is 11.4 Å². The number of hydrogen-bond donors (Lipinski definition) is 1. The lowest BCUT2D eigenvalue weighted by atomic mass is 10.3. The van der Waals surface area contributed by atoms with Crippen LogP contribution in [0.25, 0.3) is 10.6 Å². The number of carbonyl (C=O) groups excluding carboxylic acids is 1. The fourth-order valence-electron chi connectivity index (χ4n) is 2.25. The lowest BCUT2D eigenvalue weighted by molar-refractivity contribution is 0.0958. The molecule has 0 atom stereocenters. The summed E-state index contributed by atoms with van der Waals surface area (Å²) in [5.41, 5.74) is 0.316. The number of nitrogens with zero attached hydrogens (tertiary/aromatic N) is 2.